The molecule has 1 rings (SSSR count). The van der Waals surface area contributed by atoms with Gasteiger partial charge in [0.05, 0.1) is 0 Å². The lowest BCUT2D eigenvalue weighted by atomic mass is 9.86. The van der Waals surface area contributed by atoms with Crippen LogP contribution < -0.4 is 5.73 Å². The third kappa shape index (κ3) is 4.99. The van der Waals surface area contributed by atoms with Crippen molar-refractivity contribution in [2.75, 3.05) is 33.7 Å². The summed E-state index contributed by atoms with van der Waals surface area (Å²) in [4.78, 5) is 4.85. The van der Waals surface area contributed by atoms with Crippen LogP contribution in [0.15, 0.2) is 5.16 Å². The molecule has 1 fully saturated rings. The van der Waals surface area contributed by atoms with Crippen molar-refractivity contribution in [3.63, 3.8) is 0 Å². The van der Waals surface area contributed by atoms with E-state index >= 15 is 0 Å². The van der Waals surface area contributed by atoms with Gasteiger partial charge in [0, 0.05) is 18.0 Å². The van der Waals surface area contributed by atoms with Gasteiger partial charge in [0.1, 0.15) is 5.84 Å². The standard InChI is InChI=1S/C14H30N4O/c1-14(2,13(15)16-19)8-6-10-18-9-5-7-12(18)11-17(3)4/h12,19H,5-11H2,1-4H3,(H2,15,16). The lowest BCUT2D eigenvalue weighted by molar-refractivity contribution is 0.199. The third-order valence-electron chi connectivity index (χ3n) is 4.12. The number of likely N-dealkylation sites (tertiary alicyclic amines) is 1. The van der Waals surface area contributed by atoms with Crippen LogP contribution in [0.3, 0.4) is 0 Å². The molecule has 0 aromatic heterocycles. The zero-order valence-electron chi connectivity index (χ0n) is 12.9. The molecule has 0 amide bonds. The van der Waals surface area contributed by atoms with Crippen LogP contribution in [-0.4, -0.2) is 60.6 Å². The van der Waals surface area contributed by atoms with E-state index < -0.39 is 0 Å². The van der Waals surface area contributed by atoms with E-state index in [9.17, 15) is 0 Å². The second-order valence-corrected chi connectivity index (χ2v) is 6.57. The van der Waals surface area contributed by atoms with Crippen molar-refractivity contribution < 1.29 is 5.21 Å². The third-order valence-corrected chi connectivity index (χ3v) is 4.12. The Kier molecular flexibility index (Phi) is 6.07. The molecule has 3 N–H and O–H groups in total. The van der Waals surface area contributed by atoms with Crippen LogP contribution in [0.1, 0.15) is 39.5 Å². The number of hydrogen-bond acceptors (Lipinski definition) is 4. The first-order valence-corrected chi connectivity index (χ1v) is 7.23. The predicted octanol–water partition coefficient (Wildman–Crippen LogP) is 1.57. The average molecular weight is 270 g/mol. The Morgan fingerprint density at radius 2 is 2.16 bits per heavy atom. The fourth-order valence-corrected chi connectivity index (χ4v) is 2.81. The molecular formula is C14H30N4O. The molecule has 0 bridgehead atoms. The Morgan fingerprint density at radius 1 is 1.47 bits per heavy atom. The number of amidine groups is 1. The van der Waals surface area contributed by atoms with Gasteiger partial charge in [-0.05, 0) is 52.9 Å². The molecule has 1 unspecified atom stereocenters. The molecule has 5 heteroatoms. The highest BCUT2D eigenvalue weighted by Gasteiger charge is 2.27. The minimum Gasteiger partial charge on any atom is -0.409 e. The van der Waals surface area contributed by atoms with E-state index in [0.29, 0.717) is 11.9 Å². The molecule has 0 aliphatic carbocycles. The lowest BCUT2D eigenvalue weighted by Gasteiger charge is -2.29. The normalized spacial score (nSPS) is 22.4. The van der Waals surface area contributed by atoms with Crippen molar-refractivity contribution in [1.82, 2.24) is 9.80 Å². The number of likely N-dealkylation sites (N-methyl/N-ethyl adjacent to an activating group) is 1. The van der Waals surface area contributed by atoms with Crippen LogP contribution in [-0.2, 0) is 0 Å². The van der Waals surface area contributed by atoms with E-state index in [2.05, 4.69) is 29.1 Å². The summed E-state index contributed by atoms with van der Waals surface area (Å²) in [5.74, 6) is 0.332. The van der Waals surface area contributed by atoms with Gasteiger partial charge in [-0.15, -0.1) is 0 Å². The predicted molar refractivity (Wildman–Crippen MR) is 79.6 cm³/mol. The Balaban J connectivity index is 2.36. The topological polar surface area (TPSA) is 65.1 Å². The second kappa shape index (κ2) is 7.10. The molecule has 0 radical (unpaired) electrons. The second-order valence-electron chi connectivity index (χ2n) is 6.57. The lowest BCUT2D eigenvalue weighted by Crippen LogP contribution is -2.39. The highest BCUT2D eigenvalue weighted by atomic mass is 16.4. The summed E-state index contributed by atoms with van der Waals surface area (Å²) in [6, 6.07) is 0.696. The van der Waals surface area contributed by atoms with Crippen LogP contribution in [0.25, 0.3) is 0 Å². The van der Waals surface area contributed by atoms with Crippen molar-refractivity contribution in [2.24, 2.45) is 16.3 Å². The van der Waals surface area contributed by atoms with E-state index in [1.807, 2.05) is 13.8 Å². The molecule has 1 aliphatic rings. The smallest absolute Gasteiger partial charge is 0.144 e. The zero-order chi connectivity index (χ0) is 14.5. The highest BCUT2D eigenvalue weighted by molar-refractivity contribution is 5.85. The van der Waals surface area contributed by atoms with Crippen molar-refractivity contribution >= 4 is 5.84 Å². The Morgan fingerprint density at radius 3 is 2.74 bits per heavy atom. The molecule has 0 spiro atoms. The van der Waals surface area contributed by atoms with E-state index in [0.717, 1.165) is 25.9 Å². The quantitative estimate of drug-likeness (QED) is 0.319. The summed E-state index contributed by atoms with van der Waals surface area (Å²) in [6.45, 7) is 7.53. The molecule has 112 valence electrons. The van der Waals surface area contributed by atoms with Gasteiger partial charge in [-0.1, -0.05) is 19.0 Å². The summed E-state index contributed by atoms with van der Waals surface area (Å²) in [7, 11) is 4.27. The maximum atomic E-state index is 8.77. The van der Waals surface area contributed by atoms with E-state index in [1.54, 1.807) is 0 Å². The highest BCUT2D eigenvalue weighted by Crippen LogP contribution is 2.24. The number of oxime groups is 1. The first kappa shape index (κ1) is 16.2. The molecule has 0 aromatic rings. The van der Waals surface area contributed by atoms with Crippen molar-refractivity contribution in [3.8, 4) is 0 Å². The first-order valence-electron chi connectivity index (χ1n) is 7.23. The van der Waals surface area contributed by atoms with Gasteiger partial charge in [0.2, 0.25) is 0 Å². The molecule has 1 aliphatic heterocycles. The van der Waals surface area contributed by atoms with Crippen LogP contribution in [0.5, 0.6) is 0 Å². The summed E-state index contributed by atoms with van der Waals surface area (Å²) in [5.41, 5.74) is 5.50. The van der Waals surface area contributed by atoms with E-state index in [4.69, 9.17) is 10.9 Å². The van der Waals surface area contributed by atoms with Crippen molar-refractivity contribution in [2.45, 2.75) is 45.6 Å². The molecule has 1 atom stereocenters. The maximum absolute atomic E-state index is 8.77. The minimum atomic E-state index is -0.217. The van der Waals surface area contributed by atoms with Crippen LogP contribution in [0, 0.1) is 5.41 Å². The summed E-state index contributed by atoms with van der Waals surface area (Å²) < 4.78 is 0. The molecular weight excluding hydrogens is 240 g/mol. The van der Waals surface area contributed by atoms with Gasteiger partial charge in [-0.3, -0.25) is 4.90 Å². The number of nitrogens with zero attached hydrogens (tertiary/aromatic N) is 3. The molecule has 5 nitrogen and oxygen atoms in total. The van der Waals surface area contributed by atoms with Crippen LogP contribution in [0.4, 0.5) is 0 Å². The van der Waals surface area contributed by atoms with Gasteiger partial charge in [0.15, 0.2) is 0 Å². The van der Waals surface area contributed by atoms with Gasteiger partial charge in [-0.25, -0.2) is 0 Å². The SMILES string of the molecule is CN(C)CC1CCCN1CCCC(C)(C)C(N)=NO. The summed E-state index contributed by atoms with van der Waals surface area (Å²) >= 11 is 0. The zero-order valence-corrected chi connectivity index (χ0v) is 12.9. The van der Waals surface area contributed by atoms with E-state index in [1.165, 1.54) is 19.4 Å². The largest absolute Gasteiger partial charge is 0.409 e. The van der Waals surface area contributed by atoms with Gasteiger partial charge >= 0.3 is 0 Å². The molecule has 19 heavy (non-hydrogen) atoms. The van der Waals surface area contributed by atoms with Crippen molar-refractivity contribution in [1.29, 1.82) is 0 Å². The van der Waals surface area contributed by atoms with Crippen LogP contribution in [0.2, 0.25) is 0 Å². The monoisotopic (exact) mass is 270 g/mol. The Hall–Kier alpha value is -0.810. The van der Waals surface area contributed by atoms with Crippen molar-refractivity contribution in [3.05, 3.63) is 0 Å². The number of nitrogens with two attached hydrogens (primary N) is 1. The Labute approximate surface area is 117 Å². The Bertz CT molecular complexity index is 302. The summed E-state index contributed by atoms with van der Waals surface area (Å²) in [6.07, 6.45) is 4.66. The molecule has 1 heterocycles. The number of rotatable bonds is 7. The van der Waals surface area contributed by atoms with Gasteiger partial charge in [0.25, 0.3) is 0 Å². The minimum absolute atomic E-state index is 0.217. The van der Waals surface area contributed by atoms with Gasteiger partial charge < -0.3 is 15.8 Å². The van der Waals surface area contributed by atoms with Crippen LogP contribution >= 0.6 is 0 Å². The molecule has 0 aromatic carbocycles. The molecule has 1 saturated heterocycles. The fraction of sp³-hybridized carbons (Fsp3) is 0.929. The first-order chi connectivity index (χ1) is 8.86. The summed E-state index contributed by atoms with van der Waals surface area (Å²) in [5, 5.41) is 11.9. The fourth-order valence-electron chi connectivity index (χ4n) is 2.81. The maximum Gasteiger partial charge on any atom is 0.144 e. The number of hydrogen-bond donors (Lipinski definition) is 2. The van der Waals surface area contributed by atoms with E-state index in [-0.39, 0.29) is 5.41 Å². The average Bonchev–Trinajstić information content (AvgIpc) is 2.74. The van der Waals surface area contributed by atoms with Gasteiger partial charge in [-0.2, -0.15) is 0 Å². The molecule has 0 saturated carbocycles.